The highest BCUT2D eigenvalue weighted by molar-refractivity contribution is 6.33. The molecule has 37 heavy (non-hydrogen) atoms. The summed E-state index contributed by atoms with van der Waals surface area (Å²) in [7, 11) is 0. The molecule has 0 atom stereocenters. The highest BCUT2D eigenvalue weighted by Gasteiger charge is 2.32. The average Bonchev–Trinajstić information content (AvgIpc) is 3.23. The van der Waals surface area contributed by atoms with E-state index in [0.717, 1.165) is 11.1 Å². The number of benzene rings is 4. The Morgan fingerprint density at radius 2 is 1.59 bits per heavy atom. The molecule has 0 aliphatic carbocycles. The molecule has 8 heteroatoms. The Hall–Kier alpha value is -4.26. The van der Waals surface area contributed by atoms with E-state index in [1.165, 1.54) is 23.1 Å². The number of hydrogen-bond acceptors (Lipinski definition) is 3. The van der Waals surface area contributed by atoms with Crippen LogP contribution in [0.2, 0.25) is 10.0 Å². The summed E-state index contributed by atoms with van der Waals surface area (Å²) >= 11 is 11.8. The van der Waals surface area contributed by atoms with Gasteiger partial charge in [-0.3, -0.25) is 14.5 Å². The number of aliphatic imine (C=N–C) groups is 1. The number of amides is 2. The van der Waals surface area contributed by atoms with E-state index in [2.05, 4.69) is 10.3 Å². The van der Waals surface area contributed by atoms with Crippen molar-refractivity contribution in [2.24, 2.45) is 4.99 Å². The molecule has 1 aliphatic heterocycles. The summed E-state index contributed by atoms with van der Waals surface area (Å²) in [6.45, 7) is 0. The fourth-order valence-electron chi connectivity index (χ4n) is 3.79. The van der Waals surface area contributed by atoms with Crippen LogP contribution in [0.25, 0.3) is 6.08 Å². The van der Waals surface area contributed by atoms with Gasteiger partial charge in [-0.05, 0) is 66.2 Å². The lowest BCUT2D eigenvalue weighted by atomic mass is 10.1. The number of anilines is 2. The van der Waals surface area contributed by atoms with Gasteiger partial charge in [0.2, 0.25) is 0 Å². The third kappa shape index (κ3) is 5.31. The van der Waals surface area contributed by atoms with E-state index in [1.807, 2.05) is 42.5 Å². The van der Waals surface area contributed by atoms with Crippen molar-refractivity contribution in [2.75, 3.05) is 10.2 Å². The molecule has 5 rings (SSSR count). The van der Waals surface area contributed by atoms with Crippen molar-refractivity contribution in [3.8, 4) is 0 Å². The summed E-state index contributed by atoms with van der Waals surface area (Å²) in [6.07, 6.45) is 1.71. The lowest BCUT2D eigenvalue weighted by Crippen LogP contribution is -2.32. The van der Waals surface area contributed by atoms with Crippen molar-refractivity contribution in [3.63, 3.8) is 0 Å². The van der Waals surface area contributed by atoms with Crippen molar-refractivity contribution in [1.29, 1.82) is 0 Å². The molecule has 0 fully saturated rings. The molecule has 0 aromatic heterocycles. The zero-order valence-electron chi connectivity index (χ0n) is 19.2. The molecule has 0 unspecified atom stereocenters. The highest BCUT2D eigenvalue weighted by Crippen LogP contribution is 2.29. The van der Waals surface area contributed by atoms with E-state index in [9.17, 15) is 14.0 Å². The van der Waals surface area contributed by atoms with Crippen LogP contribution in [0, 0.1) is 5.82 Å². The molecule has 1 heterocycles. The lowest BCUT2D eigenvalue weighted by molar-refractivity contribution is -0.113. The van der Waals surface area contributed by atoms with Gasteiger partial charge in [0.25, 0.3) is 11.8 Å². The van der Waals surface area contributed by atoms with Crippen molar-refractivity contribution in [1.82, 2.24) is 0 Å². The zero-order valence-corrected chi connectivity index (χ0v) is 20.7. The fraction of sp³-hybridized carbons (Fsp3) is 0. The van der Waals surface area contributed by atoms with Gasteiger partial charge in [-0.25, -0.2) is 9.38 Å². The van der Waals surface area contributed by atoms with Gasteiger partial charge in [-0.15, -0.1) is 0 Å². The summed E-state index contributed by atoms with van der Waals surface area (Å²) in [5.74, 6) is -0.794. The Morgan fingerprint density at radius 1 is 0.892 bits per heavy atom. The zero-order chi connectivity index (χ0) is 25.9. The number of nitrogens with one attached hydrogen (secondary N) is 1. The van der Waals surface area contributed by atoms with Gasteiger partial charge in [0.15, 0.2) is 0 Å². The van der Waals surface area contributed by atoms with Crippen molar-refractivity contribution in [2.45, 2.75) is 0 Å². The molecule has 2 amide bonds. The second-order valence-electron chi connectivity index (χ2n) is 8.15. The maximum Gasteiger partial charge on any atom is 0.282 e. The van der Waals surface area contributed by atoms with Crippen molar-refractivity contribution >= 4 is 58.3 Å². The van der Waals surface area contributed by atoms with E-state index in [-0.39, 0.29) is 16.6 Å². The van der Waals surface area contributed by atoms with Gasteiger partial charge in [0.05, 0.1) is 10.7 Å². The maximum atomic E-state index is 13.5. The van der Waals surface area contributed by atoms with Crippen LogP contribution < -0.4 is 10.2 Å². The number of halogens is 3. The Kier molecular flexibility index (Phi) is 6.86. The smallest absolute Gasteiger partial charge is 0.282 e. The number of rotatable bonds is 5. The van der Waals surface area contributed by atoms with Crippen LogP contribution in [0.5, 0.6) is 0 Å². The number of amidine groups is 1. The number of carbonyl (C=O) groups excluding carboxylic acids is 2. The minimum Gasteiger partial charge on any atom is -0.322 e. The highest BCUT2D eigenvalue weighted by atomic mass is 35.5. The third-order valence-electron chi connectivity index (χ3n) is 5.63. The van der Waals surface area contributed by atoms with Crippen LogP contribution in [0.1, 0.15) is 21.5 Å². The number of nitrogens with zero attached hydrogens (tertiary/aromatic N) is 2. The van der Waals surface area contributed by atoms with Gasteiger partial charge in [0, 0.05) is 21.8 Å². The van der Waals surface area contributed by atoms with Crippen LogP contribution in [0.3, 0.4) is 0 Å². The average molecular weight is 530 g/mol. The molecule has 0 radical (unpaired) electrons. The van der Waals surface area contributed by atoms with Crippen molar-refractivity contribution in [3.05, 3.63) is 135 Å². The summed E-state index contributed by atoms with van der Waals surface area (Å²) in [5.41, 5.74) is 3.10. The van der Waals surface area contributed by atoms with E-state index in [1.54, 1.807) is 42.5 Å². The number of hydrogen-bond donors (Lipinski definition) is 1. The molecule has 5 nitrogen and oxygen atoms in total. The monoisotopic (exact) mass is 529 g/mol. The third-order valence-corrected chi connectivity index (χ3v) is 6.17. The molecule has 182 valence electrons. The van der Waals surface area contributed by atoms with Crippen molar-refractivity contribution < 1.29 is 14.0 Å². The molecule has 1 aliphatic rings. The maximum absolute atomic E-state index is 13.5. The van der Waals surface area contributed by atoms with Crippen LogP contribution >= 0.6 is 23.2 Å². The summed E-state index contributed by atoms with van der Waals surface area (Å²) < 4.78 is 13.4. The molecule has 0 bridgehead atoms. The first-order chi connectivity index (χ1) is 17.9. The fourth-order valence-corrected chi connectivity index (χ4v) is 4.10. The summed E-state index contributed by atoms with van der Waals surface area (Å²) in [5, 5.41) is 3.20. The summed E-state index contributed by atoms with van der Waals surface area (Å²) in [4.78, 5) is 32.3. The first-order valence-corrected chi connectivity index (χ1v) is 12.0. The standard InChI is InChI=1S/C29H18Cl2FN3O2/c30-21-10-6-18(7-11-21)16-26-29(37)35(27(34-26)19-4-2-1-3-5-19)23-13-8-20(9-14-23)28(36)33-22-12-15-25(32)24(31)17-22/h1-17H,(H,33,36)/b26-16-. The van der Waals surface area contributed by atoms with E-state index in [4.69, 9.17) is 23.2 Å². The molecular weight excluding hydrogens is 512 g/mol. The van der Waals surface area contributed by atoms with E-state index in [0.29, 0.717) is 27.8 Å². The van der Waals surface area contributed by atoms with Gasteiger partial charge in [-0.1, -0.05) is 65.7 Å². The van der Waals surface area contributed by atoms with Crippen LogP contribution in [-0.4, -0.2) is 17.6 Å². The van der Waals surface area contributed by atoms with Crippen LogP contribution in [-0.2, 0) is 4.79 Å². The van der Waals surface area contributed by atoms with Crippen LogP contribution in [0.15, 0.2) is 108 Å². The quantitative estimate of drug-likeness (QED) is 0.277. The predicted octanol–water partition coefficient (Wildman–Crippen LogP) is 7.22. The molecule has 0 saturated carbocycles. The second kappa shape index (κ2) is 10.4. The van der Waals surface area contributed by atoms with E-state index >= 15 is 0 Å². The lowest BCUT2D eigenvalue weighted by Gasteiger charge is -2.19. The number of carbonyl (C=O) groups is 2. The first kappa shape index (κ1) is 24.4. The minimum atomic E-state index is -0.570. The molecule has 0 saturated heterocycles. The van der Waals surface area contributed by atoms with Gasteiger partial charge in [-0.2, -0.15) is 0 Å². The Balaban J connectivity index is 1.44. The first-order valence-electron chi connectivity index (χ1n) is 11.2. The predicted molar refractivity (Wildman–Crippen MR) is 146 cm³/mol. The topological polar surface area (TPSA) is 61.8 Å². The largest absolute Gasteiger partial charge is 0.322 e. The summed E-state index contributed by atoms with van der Waals surface area (Å²) in [6, 6.07) is 27.0. The Labute approximate surface area is 222 Å². The van der Waals surface area contributed by atoms with Crippen LogP contribution in [0.4, 0.5) is 15.8 Å². The van der Waals surface area contributed by atoms with Gasteiger partial charge < -0.3 is 5.32 Å². The Morgan fingerprint density at radius 3 is 2.27 bits per heavy atom. The molecule has 4 aromatic carbocycles. The SMILES string of the molecule is O=C(Nc1ccc(F)c(Cl)c1)c1ccc(N2C(=O)/C(=C/c3ccc(Cl)cc3)N=C2c2ccccc2)cc1. The van der Waals surface area contributed by atoms with Gasteiger partial charge >= 0.3 is 0 Å². The molecule has 1 N–H and O–H groups in total. The Bertz CT molecular complexity index is 1550. The second-order valence-corrected chi connectivity index (χ2v) is 9.00. The molecular formula is C29H18Cl2FN3O2. The molecule has 4 aromatic rings. The van der Waals surface area contributed by atoms with E-state index < -0.39 is 11.7 Å². The van der Waals surface area contributed by atoms with Gasteiger partial charge in [0.1, 0.15) is 17.3 Å². The minimum absolute atomic E-state index is 0.0871. The molecule has 0 spiro atoms. The normalized spacial score (nSPS) is 14.1.